The van der Waals surface area contributed by atoms with Crippen LogP contribution in [-0.4, -0.2) is 16.7 Å². The highest BCUT2D eigenvalue weighted by molar-refractivity contribution is 7.13. The summed E-state index contributed by atoms with van der Waals surface area (Å²) < 4.78 is 0. The summed E-state index contributed by atoms with van der Waals surface area (Å²) in [4.78, 5) is 4.75. The van der Waals surface area contributed by atoms with Crippen LogP contribution in [-0.2, 0) is 5.41 Å². The van der Waals surface area contributed by atoms with Crippen LogP contribution in [0.4, 0.5) is 0 Å². The molecule has 0 unspecified atom stereocenters. The molecule has 0 spiro atoms. The van der Waals surface area contributed by atoms with E-state index in [2.05, 4.69) is 37.4 Å². The Hall–Kier alpha value is -1.19. The summed E-state index contributed by atoms with van der Waals surface area (Å²) in [5.41, 5.74) is 4.80. The van der Waals surface area contributed by atoms with Crippen molar-refractivity contribution < 1.29 is 5.11 Å². The SMILES string of the molecule is Cc1ccc(C)c(-c2nc(C3(CO)CC3)cs2)c1. The van der Waals surface area contributed by atoms with Crippen molar-refractivity contribution in [3.63, 3.8) is 0 Å². The molecule has 0 radical (unpaired) electrons. The van der Waals surface area contributed by atoms with E-state index >= 15 is 0 Å². The number of aryl methyl sites for hydroxylation is 2. The Morgan fingerprint density at radius 3 is 2.78 bits per heavy atom. The summed E-state index contributed by atoms with van der Waals surface area (Å²) in [5, 5.41) is 12.6. The Morgan fingerprint density at radius 2 is 2.11 bits per heavy atom. The molecule has 2 nitrogen and oxygen atoms in total. The van der Waals surface area contributed by atoms with Crippen molar-refractivity contribution in [2.75, 3.05) is 6.61 Å². The average Bonchev–Trinajstić information content (AvgIpc) is 3.02. The molecule has 0 atom stereocenters. The maximum Gasteiger partial charge on any atom is 0.123 e. The number of rotatable bonds is 3. The molecule has 1 aromatic heterocycles. The van der Waals surface area contributed by atoms with Crippen molar-refractivity contribution in [2.24, 2.45) is 0 Å². The Labute approximate surface area is 111 Å². The van der Waals surface area contributed by atoms with Crippen LogP contribution in [0.25, 0.3) is 10.6 Å². The summed E-state index contributed by atoms with van der Waals surface area (Å²) in [6.45, 7) is 4.45. The molecule has 18 heavy (non-hydrogen) atoms. The van der Waals surface area contributed by atoms with Gasteiger partial charge in [-0.15, -0.1) is 11.3 Å². The molecule has 1 saturated carbocycles. The molecule has 94 valence electrons. The second-order valence-electron chi connectivity index (χ2n) is 5.29. The van der Waals surface area contributed by atoms with Crippen molar-refractivity contribution in [2.45, 2.75) is 32.1 Å². The van der Waals surface area contributed by atoms with Gasteiger partial charge < -0.3 is 5.11 Å². The number of hydrogen-bond donors (Lipinski definition) is 1. The van der Waals surface area contributed by atoms with Crippen LogP contribution < -0.4 is 0 Å². The molecule has 1 aliphatic carbocycles. The third-order valence-electron chi connectivity index (χ3n) is 3.83. The zero-order valence-electron chi connectivity index (χ0n) is 10.7. The van der Waals surface area contributed by atoms with Crippen molar-refractivity contribution >= 4 is 11.3 Å². The Balaban J connectivity index is 2.00. The maximum atomic E-state index is 9.45. The van der Waals surface area contributed by atoms with E-state index < -0.39 is 0 Å². The van der Waals surface area contributed by atoms with Gasteiger partial charge in [-0.1, -0.05) is 17.7 Å². The highest BCUT2D eigenvalue weighted by Gasteiger charge is 2.45. The minimum atomic E-state index is -0.0213. The summed E-state index contributed by atoms with van der Waals surface area (Å²) in [5.74, 6) is 0. The van der Waals surface area contributed by atoms with Gasteiger partial charge in [0.25, 0.3) is 0 Å². The quantitative estimate of drug-likeness (QED) is 0.915. The molecular weight excluding hydrogens is 242 g/mol. The van der Waals surface area contributed by atoms with Crippen molar-refractivity contribution in [1.29, 1.82) is 0 Å². The average molecular weight is 259 g/mol. The first kappa shape index (κ1) is 11.9. The molecule has 2 aromatic rings. The van der Waals surface area contributed by atoms with Crippen LogP contribution in [0.2, 0.25) is 0 Å². The fraction of sp³-hybridized carbons (Fsp3) is 0.400. The largest absolute Gasteiger partial charge is 0.395 e. The lowest BCUT2D eigenvalue weighted by atomic mass is 10.0. The van der Waals surface area contributed by atoms with Gasteiger partial charge in [0.2, 0.25) is 0 Å². The van der Waals surface area contributed by atoms with Crippen molar-refractivity contribution in [1.82, 2.24) is 4.98 Å². The Morgan fingerprint density at radius 1 is 1.33 bits per heavy atom. The number of nitrogens with zero attached hydrogens (tertiary/aromatic N) is 1. The lowest BCUT2D eigenvalue weighted by Crippen LogP contribution is -2.12. The fourth-order valence-electron chi connectivity index (χ4n) is 2.25. The van der Waals surface area contributed by atoms with Crippen LogP contribution in [0.3, 0.4) is 0 Å². The monoisotopic (exact) mass is 259 g/mol. The normalized spacial score (nSPS) is 16.8. The van der Waals surface area contributed by atoms with Gasteiger partial charge in [0.1, 0.15) is 5.01 Å². The number of aromatic nitrogens is 1. The summed E-state index contributed by atoms with van der Waals surface area (Å²) >= 11 is 1.69. The van der Waals surface area contributed by atoms with Gasteiger partial charge in [-0.3, -0.25) is 0 Å². The zero-order valence-corrected chi connectivity index (χ0v) is 11.5. The topological polar surface area (TPSA) is 33.1 Å². The van der Waals surface area contributed by atoms with E-state index in [-0.39, 0.29) is 12.0 Å². The summed E-state index contributed by atoms with van der Waals surface area (Å²) in [6.07, 6.45) is 2.14. The molecule has 3 heteroatoms. The maximum absolute atomic E-state index is 9.45. The van der Waals surface area contributed by atoms with Crippen LogP contribution in [0.1, 0.15) is 29.7 Å². The van der Waals surface area contributed by atoms with Gasteiger partial charge in [-0.05, 0) is 38.3 Å². The van der Waals surface area contributed by atoms with Crippen molar-refractivity contribution in [3.8, 4) is 10.6 Å². The molecule has 0 bridgehead atoms. The number of hydrogen-bond acceptors (Lipinski definition) is 3. The van der Waals surface area contributed by atoms with E-state index in [1.54, 1.807) is 11.3 Å². The highest BCUT2D eigenvalue weighted by atomic mass is 32.1. The van der Waals surface area contributed by atoms with Gasteiger partial charge in [0.15, 0.2) is 0 Å². The van der Waals surface area contributed by atoms with Crippen molar-refractivity contribution in [3.05, 3.63) is 40.4 Å². The van der Waals surface area contributed by atoms with Gasteiger partial charge in [-0.25, -0.2) is 4.98 Å². The molecule has 3 rings (SSSR count). The number of aliphatic hydroxyl groups excluding tert-OH is 1. The molecule has 0 amide bonds. The first-order chi connectivity index (χ1) is 8.64. The van der Waals surface area contributed by atoms with Gasteiger partial charge >= 0.3 is 0 Å². The van der Waals surface area contributed by atoms with E-state index in [1.165, 1.54) is 16.7 Å². The van der Waals surface area contributed by atoms with Gasteiger partial charge in [0, 0.05) is 16.4 Å². The molecule has 1 N–H and O–H groups in total. The first-order valence-corrected chi connectivity index (χ1v) is 7.17. The minimum absolute atomic E-state index is 0.0213. The van der Waals surface area contributed by atoms with E-state index in [4.69, 9.17) is 4.98 Å². The number of thiazole rings is 1. The van der Waals surface area contributed by atoms with E-state index in [9.17, 15) is 5.11 Å². The molecule has 1 aromatic carbocycles. The number of aliphatic hydroxyl groups is 1. The molecule has 0 saturated heterocycles. The molecule has 1 heterocycles. The minimum Gasteiger partial charge on any atom is -0.395 e. The molecular formula is C15H17NOS. The van der Waals surface area contributed by atoms with Crippen LogP contribution in [0, 0.1) is 13.8 Å². The third kappa shape index (κ3) is 1.88. The second kappa shape index (κ2) is 4.18. The van der Waals surface area contributed by atoms with Crippen LogP contribution in [0.5, 0.6) is 0 Å². The second-order valence-corrected chi connectivity index (χ2v) is 6.15. The number of benzene rings is 1. The van der Waals surface area contributed by atoms with Crippen LogP contribution >= 0.6 is 11.3 Å². The third-order valence-corrected chi connectivity index (χ3v) is 4.70. The highest BCUT2D eigenvalue weighted by Crippen LogP contribution is 2.48. The predicted octanol–water partition coefficient (Wildman–Crippen LogP) is 3.45. The lowest BCUT2D eigenvalue weighted by Gasteiger charge is -2.07. The first-order valence-electron chi connectivity index (χ1n) is 6.29. The lowest BCUT2D eigenvalue weighted by molar-refractivity contribution is 0.253. The zero-order chi connectivity index (χ0) is 12.8. The standard InChI is InChI=1S/C15H17NOS/c1-10-3-4-11(2)12(7-10)14-16-13(8-18-14)15(9-17)5-6-15/h3-4,7-8,17H,5-6,9H2,1-2H3. The van der Waals surface area contributed by atoms with Gasteiger partial charge in [0.05, 0.1) is 12.3 Å². The molecule has 0 aliphatic heterocycles. The summed E-state index contributed by atoms with van der Waals surface area (Å²) in [7, 11) is 0. The Bertz CT molecular complexity index is 584. The predicted molar refractivity (Wildman–Crippen MR) is 75.0 cm³/mol. The molecule has 1 fully saturated rings. The molecule has 1 aliphatic rings. The smallest absolute Gasteiger partial charge is 0.123 e. The van der Waals surface area contributed by atoms with E-state index in [0.29, 0.717) is 0 Å². The fourth-order valence-corrected chi connectivity index (χ4v) is 3.28. The van der Waals surface area contributed by atoms with E-state index in [0.717, 1.165) is 23.5 Å². The summed E-state index contributed by atoms with van der Waals surface area (Å²) in [6, 6.07) is 6.46. The van der Waals surface area contributed by atoms with E-state index in [1.807, 2.05) is 0 Å². The van der Waals surface area contributed by atoms with Gasteiger partial charge in [-0.2, -0.15) is 0 Å². The Kier molecular flexibility index (Phi) is 2.76. The van der Waals surface area contributed by atoms with Crippen LogP contribution in [0.15, 0.2) is 23.6 Å².